The van der Waals surface area contributed by atoms with Gasteiger partial charge in [-0.2, -0.15) is 0 Å². The van der Waals surface area contributed by atoms with Crippen LogP contribution in [0.2, 0.25) is 0 Å². The summed E-state index contributed by atoms with van der Waals surface area (Å²) >= 11 is 0. The molecule has 1 aliphatic heterocycles. The second-order valence-corrected chi connectivity index (χ2v) is 5.88. The lowest BCUT2D eigenvalue weighted by atomic mass is 10.1. The minimum atomic E-state index is -0.185. The van der Waals surface area contributed by atoms with Crippen molar-refractivity contribution in [1.82, 2.24) is 0 Å². The van der Waals surface area contributed by atoms with Crippen molar-refractivity contribution in [3.8, 4) is 22.6 Å². The molecular formula is C22H17NO3. The lowest BCUT2D eigenvalue weighted by Crippen LogP contribution is -2.07. The Hall–Kier alpha value is -3.53. The van der Waals surface area contributed by atoms with Crippen molar-refractivity contribution < 1.29 is 14.3 Å². The molecule has 0 spiro atoms. The number of hydrogen-bond acceptors (Lipinski definition) is 3. The average molecular weight is 343 g/mol. The SMILES string of the molecule is O=C(C=Cc1ccc2c(c1)OCO2)Nc1ccc(-c2ccccc2)cc1. The summed E-state index contributed by atoms with van der Waals surface area (Å²) in [7, 11) is 0. The van der Waals surface area contributed by atoms with Gasteiger partial charge in [-0.25, -0.2) is 0 Å². The van der Waals surface area contributed by atoms with Gasteiger partial charge in [0, 0.05) is 11.8 Å². The highest BCUT2D eigenvalue weighted by atomic mass is 16.7. The maximum absolute atomic E-state index is 12.1. The Bertz CT molecular complexity index is 947. The Morgan fingerprint density at radius 2 is 1.58 bits per heavy atom. The van der Waals surface area contributed by atoms with Crippen LogP contribution in [0.1, 0.15) is 5.56 Å². The highest BCUT2D eigenvalue weighted by molar-refractivity contribution is 6.02. The molecule has 0 radical (unpaired) electrons. The molecule has 0 bridgehead atoms. The number of amides is 1. The summed E-state index contributed by atoms with van der Waals surface area (Å²) in [6.07, 6.45) is 3.25. The predicted octanol–water partition coefficient (Wildman–Crippen LogP) is 4.73. The van der Waals surface area contributed by atoms with Gasteiger partial charge >= 0.3 is 0 Å². The Kier molecular flexibility index (Phi) is 4.39. The van der Waals surface area contributed by atoms with Crippen LogP contribution in [0.3, 0.4) is 0 Å². The first kappa shape index (κ1) is 16.0. The molecule has 3 aromatic rings. The zero-order valence-electron chi connectivity index (χ0n) is 14.0. The molecule has 26 heavy (non-hydrogen) atoms. The van der Waals surface area contributed by atoms with E-state index in [1.165, 1.54) is 6.08 Å². The standard InChI is InChI=1S/C22H17NO3/c24-22(13-7-16-6-12-20-21(14-16)26-15-25-20)23-19-10-8-18(9-11-19)17-4-2-1-3-5-17/h1-14H,15H2,(H,23,24). The fourth-order valence-corrected chi connectivity index (χ4v) is 2.75. The molecule has 4 heteroatoms. The molecule has 4 rings (SSSR count). The number of fused-ring (bicyclic) bond motifs is 1. The molecule has 4 nitrogen and oxygen atoms in total. The minimum absolute atomic E-state index is 0.185. The van der Waals surface area contributed by atoms with Crippen LogP contribution in [0.4, 0.5) is 5.69 Å². The van der Waals surface area contributed by atoms with Crippen molar-refractivity contribution in [2.24, 2.45) is 0 Å². The van der Waals surface area contributed by atoms with Crippen LogP contribution in [0.15, 0.2) is 78.9 Å². The van der Waals surface area contributed by atoms with Crippen molar-refractivity contribution in [3.63, 3.8) is 0 Å². The van der Waals surface area contributed by atoms with Crippen molar-refractivity contribution in [3.05, 3.63) is 84.4 Å². The number of carbonyl (C=O) groups excluding carboxylic acids is 1. The van der Waals surface area contributed by atoms with Crippen molar-refractivity contribution in [2.45, 2.75) is 0 Å². The Morgan fingerprint density at radius 1 is 0.846 bits per heavy atom. The van der Waals surface area contributed by atoms with Crippen LogP contribution in [0, 0.1) is 0 Å². The van der Waals surface area contributed by atoms with Gasteiger partial charge in [-0.15, -0.1) is 0 Å². The Balaban J connectivity index is 1.40. The molecule has 3 aromatic carbocycles. The van der Waals surface area contributed by atoms with Gasteiger partial charge in [0.05, 0.1) is 0 Å². The average Bonchev–Trinajstić information content (AvgIpc) is 3.15. The lowest BCUT2D eigenvalue weighted by molar-refractivity contribution is -0.111. The van der Waals surface area contributed by atoms with Crippen LogP contribution in [0.5, 0.6) is 11.5 Å². The number of benzene rings is 3. The van der Waals surface area contributed by atoms with Crippen molar-refractivity contribution >= 4 is 17.7 Å². The second-order valence-electron chi connectivity index (χ2n) is 5.88. The van der Waals surface area contributed by atoms with Crippen LogP contribution in [0.25, 0.3) is 17.2 Å². The Morgan fingerprint density at radius 3 is 2.38 bits per heavy atom. The van der Waals surface area contributed by atoms with E-state index in [2.05, 4.69) is 17.4 Å². The molecule has 1 heterocycles. The van der Waals surface area contributed by atoms with Gasteiger partial charge in [-0.1, -0.05) is 48.5 Å². The van der Waals surface area contributed by atoms with Gasteiger partial charge in [-0.3, -0.25) is 4.79 Å². The fraction of sp³-hybridized carbons (Fsp3) is 0.0455. The monoisotopic (exact) mass is 343 g/mol. The lowest BCUT2D eigenvalue weighted by Gasteiger charge is -2.05. The molecule has 0 aromatic heterocycles. The summed E-state index contributed by atoms with van der Waals surface area (Å²) in [5.41, 5.74) is 3.89. The molecule has 0 atom stereocenters. The van der Waals surface area contributed by atoms with Crippen LogP contribution < -0.4 is 14.8 Å². The molecule has 0 saturated carbocycles. The van der Waals surface area contributed by atoms with Crippen molar-refractivity contribution in [2.75, 3.05) is 12.1 Å². The number of anilines is 1. The normalized spacial score (nSPS) is 12.3. The number of nitrogens with one attached hydrogen (secondary N) is 1. The van der Waals surface area contributed by atoms with E-state index in [1.807, 2.05) is 60.7 Å². The maximum atomic E-state index is 12.1. The molecule has 0 unspecified atom stereocenters. The first-order valence-corrected chi connectivity index (χ1v) is 8.32. The third-order valence-electron chi connectivity index (χ3n) is 4.08. The highest BCUT2D eigenvalue weighted by Gasteiger charge is 2.12. The highest BCUT2D eigenvalue weighted by Crippen LogP contribution is 2.32. The van der Waals surface area contributed by atoms with Gasteiger partial charge in [0.1, 0.15) is 0 Å². The molecule has 1 amide bonds. The maximum Gasteiger partial charge on any atom is 0.248 e. The smallest absolute Gasteiger partial charge is 0.248 e. The van der Waals surface area contributed by atoms with Crippen LogP contribution in [-0.4, -0.2) is 12.7 Å². The van der Waals surface area contributed by atoms with E-state index in [0.717, 1.165) is 28.1 Å². The second kappa shape index (κ2) is 7.15. The molecule has 0 aliphatic carbocycles. The Labute approximate surface area is 151 Å². The van der Waals surface area contributed by atoms with Gasteiger partial charge in [0.15, 0.2) is 11.5 Å². The third-order valence-corrected chi connectivity index (χ3v) is 4.08. The van der Waals surface area contributed by atoms with Gasteiger partial charge in [-0.05, 0) is 47.0 Å². The summed E-state index contributed by atoms with van der Waals surface area (Å²) in [5, 5.41) is 2.86. The number of hydrogen-bond donors (Lipinski definition) is 1. The van der Waals surface area contributed by atoms with Crippen LogP contribution >= 0.6 is 0 Å². The molecule has 1 aliphatic rings. The zero-order valence-corrected chi connectivity index (χ0v) is 14.0. The topological polar surface area (TPSA) is 47.6 Å². The third kappa shape index (κ3) is 3.59. The molecule has 0 saturated heterocycles. The molecule has 1 N–H and O–H groups in total. The number of rotatable bonds is 4. The quantitative estimate of drug-likeness (QED) is 0.697. The zero-order chi connectivity index (χ0) is 17.8. The predicted molar refractivity (Wildman–Crippen MR) is 102 cm³/mol. The fourth-order valence-electron chi connectivity index (χ4n) is 2.75. The van der Waals surface area contributed by atoms with E-state index in [-0.39, 0.29) is 12.7 Å². The first-order valence-electron chi connectivity index (χ1n) is 8.32. The summed E-state index contributed by atoms with van der Waals surface area (Å²) in [6.45, 7) is 0.238. The van der Waals surface area contributed by atoms with E-state index in [1.54, 1.807) is 6.08 Å². The first-order chi connectivity index (χ1) is 12.8. The van der Waals surface area contributed by atoms with Gasteiger partial charge in [0.2, 0.25) is 12.7 Å². The molecule has 0 fully saturated rings. The van der Waals surface area contributed by atoms with E-state index in [4.69, 9.17) is 9.47 Å². The minimum Gasteiger partial charge on any atom is -0.454 e. The largest absolute Gasteiger partial charge is 0.454 e. The van der Waals surface area contributed by atoms with Crippen LogP contribution in [-0.2, 0) is 4.79 Å². The number of carbonyl (C=O) groups is 1. The van der Waals surface area contributed by atoms with E-state index in [9.17, 15) is 4.79 Å². The summed E-state index contributed by atoms with van der Waals surface area (Å²) in [4.78, 5) is 12.1. The van der Waals surface area contributed by atoms with E-state index in [0.29, 0.717) is 5.75 Å². The number of ether oxygens (including phenoxy) is 2. The summed E-state index contributed by atoms with van der Waals surface area (Å²) in [6, 6.07) is 23.5. The van der Waals surface area contributed by atoms with Crippen molar-refractivity contribution in [1.29, 1.82) is 0 Å². The van der Waals surface area contributed by atoms with E-state index < -0.39 is 0 Å². The summed E-state index contributed by atoms with van der Waals surface area (Å²) < 4.78 is 10.6. The summed E-state index contributed by atoms with van der Waals surface area (Å²) in [5.74, 6) is 1.24. The van der Waals surface area contributed by atoms with E-state index >= 15 is 0 Å². The molecular weight excluding hydrogens is 326 g/mol. The van der Waals surface area contributed by atoms with Gasteiger partial charge < -0.3 is 14.8 Å². The van der Waals surface area contributed by atoms with Gasteiger partial charge in [0.25, 0.3) is 0 Å². The molecule has 128 valence electrons.